The van der Waals surface area contributed by atoms with Crippen LogP contribution in [0.5, 0.6) is 0 Å². The molecule has 1 fully saturated rings. The molecule has 0 N–H and O–H groups in total. The van der Waals surface area contributed by atoms with Crippen molar-refractivity contribution in [2.24, 2.45) is 5.41 Å². The van der Waals surface area contributed by atoms with Crippen molar-refractivity contribution in [1.82, 2.24) is 0 Å². The van der Waals surface area contributed by atoms with E-state index in [0.29, 0.717) is 19.6 Å². The van der Waals surface area contributed by atoms with Crippen LogP contribution in [0.25, 0.3) is 0 Å². The highest BCUT2D eigenvalue weighted by molar-refractivity contribution is 4.79. The topological polar surface area (TPSA) is 52.4 Å². The van der Waals surface area contributed by atoms with Crippen LogP contribution < -0.4 is 0 Å². The van der Waals surface area contributed by atoms with E-state index in [9.17, 15) is 10.1 Å². The molecule has 0 bridgehead atoms. The third-order valence-corrected chi connectivity index (χ3v) is 1.80. The summed E-state index contributed by atoms with van der Waals surface area (Å²) in [5.74, 6) is 0. The highest BCUT2D eigenvalue weighted by atomic mass is 16.6. The second-order valence-electron chi connectivity index (χ2n) is 3.11. The lowest BCUT2D eigenvalue weighted by Crippen LogP contribution is -2.40. The zero-order valence-electron chi connectivity index (χ0n) is 6.00. The fourth-order valence-electron chi connectivity index (χ4n) is 0.956. The number of rotatable bonds is 3. The first-order valence-electron chi connectivity index (χ1n) is 3.32. The molecular weight excluding hydrogens is 134 g/mol. The van der Waals surface area contributed by atoms with Crippen LogP contribution in [0.3, 0.4) is 0 Å². The van der Waals surface area contributed by atoms with Crippen LogP contribution in [0.15, 0.2) is 0 Å². The Balaban J connectivity index is 2.18. The summed E-state index contributed by atoms with van der Waals surface area (Å²) in [5, 5.41) is 9.95. The van der Waals surface area contributed by atoms with E-state index in [1.807, 2.05) is 6.92 Å². The van der Waals surface area contributed by atoms with E-state index in [0.717, 1.165) is 0 Å². The van der Waals surface area contributed by atoms with Gasteiger partial charge in [0.25, 0.3) is 0 Å². The minimum Gasteiger partial charge on any atom is -0.380 e. The molecule has 1 rings (SSSR count). The molecule has 0 aromatic rings. The molecule has 4 nitrogen and oxygen atoms in total. The van der Waals surface area contributed by atoms with Crippen molar-refractivity contribution in [3.8, 4) is 0 Å². The van der Waals surface area contributed by atoms with Gasteiger partial charge in [-0.05, 0) is 0 Å². The Morgan fingerprint density at radius 3 is 2.60 bits per heavy atom. The SMILES string of the molecule is CC1(CC[N+](=O)[O-])COC1. The van der Waals surface area contributed by atoms with E-state index >= 15 is 0 Å². The maximum Gasteiger partial charge on any atom is 0.204 e. The minimum atomic E-state index is -0.274. The van der Waals surface area contributed by atoms with Gasteiger partial charge in [-0.3, -0.25) is 10.1 Å². The Bertz CT molecular complexity index is 142. The number of ether oxygens (including phenoxy) is 1. The van der Waals surface area contributed by atoms with Crippen LogP contribution in [-0.2, 0) is 4.74 Å². The Morgan fingerprint density at radius 1 is 1.70 bits per heavy atom. The zero-order valence-corrected chi connectivity index (χ0v) is 6.00. The van der Waals surface area contributed by atoms with Gasteiger partial charge in [-0.25, -0.2) is 0 Å². The summed E-state index contributed by atoms with van der Waals surface area (Å²) in [7, 11) is 0. The monoisotopic (exact) mass is 145 g/mol. The molecule has 0 aliphatic carbocycles. The van der Waals surface area contributed by atoms with Gasteiger partial charge < -0.3 is 4.74 Å². The second-order valence-corrected chi connectivity index (χ2v) is 3.11. The molecule has 0 radical (unpaired) electrons. The Hall–Kier alpha value is -0.640. The number of hydrogen-bond donors (Lipinski definition) is 0. The van der Waals surface area contributed by atoms with Crippen LogP contribution >= 0.6 is 0 Å². The first-order valence-corrected chi connectivity index (χ1v) is 3.32. The van der Waals surface area contributed by atoms with E-state index in [1.54, 1.807) is 0 Å². The highest BCUT2D eigenvalue weighted by Crippen LogP contribution is 2.29. The molecule has 0 saturated carbocycles. The molecule has 0 aromatic heterocycles. The molecule has 1 aliphatic rings. The Labute approximate surface area is 59.3 Å². The van der Waals surface area contributed by atoms with Gasteiger partial charge in [-0.2, -0.15) is 0 Å². The molecule has 10 heavy (non-hydrogen) atoms. The van der Waals surface area contributed by atoms with Crippen LogP contribution in [0.2, 0.25) is 0 Å². The molecule has 0 amide bonds. The number of hydrogen-bond acceptors (Lipinski definition) is 3. The van der Waals surface area contributed by atoms with Gasteiger partial charge in [0.05, 0.1) is 13.2 Å². The van der Waals surface area contributed by atoms with Gasteiger partial charge in [0.2, 0.25) is 6.54 Å². The Morgan fingerprint density at radius 2 is 2.30 bits per heavy atom. The predicted octanol–water partition coefficient (Wildman–Crippen LogP) is 0.690. The van der Waals surface area contributed by atoms with Crippen LogP contribution in [0, 0.1) is 15.5 Å². The van der Waals surface area contributed by atoms with Gasteiger partial charge in [-0.15, -0.1) is 0 Å². The summed E-state index contributed by atoms with van der Waals surface area (Å²) in [6.07, 6.45) is 0.639. The summed E-state index contributed by atoms with van der Waals surface area (Å²) >= 11 is 0. The van der Waals surface area contributed by atoms with Crippen molar-refractivity contribution in [3.63, 3.8) is 0 Å². The molecule has 0 unspecified atom stereocenters. The van der Waals surface area contributed by atoms with E-state index in [4.69, 9.17) is 4.74 Å². The summed E-state index contributed by atoms with van der Waals surface area (Å²) in [6.45, 7) is 3.45. The minimum absolute atomic E-state index is 0.0693. The molecule has 1 saturated heterocycles. The smallest absolute Gasteiger partial charge is 0.204 e. The Kier molecular flexibility index (Phi) is 1.89. The number of nitro groups is 1. The van der Waals surface area contributed by atoms with Gasteiger partial charge in [0, 0.05) is 16.8 Å². The molecule has 0 atom stereocenters. The normalized spacial score (nSPS) is 21.7. The lowest BCUT2D eigenvalue weighted by Gasteiger charge is -2.36. The lowest BCUT2D eigenvalue weighted by atomic mass is 9.85. The molecule has 4 heteroatoms. The van der Waals surface area contributed by atoms with Crippen molar-refractivity contribution in [2.75, 3.05) is 19.8 Å². The van der Waals surface area contributed by atoms with Gasteiger partial charge in [0.1, 0.15) is 0 Å². The molecule has 58 valence electrons. The highest BCUT2D eigenvalue weighted by Gasteiger charge is 2.34. The van der Waals surface area contributed by atoms with Crippen molar-refractivity contribution in [3.05, 3.63) is 10.1 Å². The molecule has 0 spiro atoms. The lowest BCUT2D eigenvalue weighted by molar-refractivity contribution is -0.484. The third-order valence-electron chi connectivity index (χ3n) is 1.80. The van der Waals surface area contributed by atoms with E-state index in [1.165, 1.54) is 0 Å². The molecular formula is C6H11NO3. The van der Waals surface area contributed by atoms with Crippen LogP contribution in [0.4, 0.5) is 0 Å². The molecule has 0 aromatic carbocycles. The fourth-order valence-corrected chi connectivity index (χ4v) is 0.956. The average molecular weight is 145 g/mol. The first-order chi connectivity index (χ1) is 4.62. The van der Waals surface area contributed by atoms with Crippen LogP contribution in [0.1, 0.15) is 13.3 Å². The van der Waals surface area contributed by atoms with Gasteiger partial charge >= 0.3 is 0 Å². The summed E-state index contributed by atoms with van der Waals surface area (Å²) in [6, 6.07) is 0. The largest absolute Gasteiger partial charge is 0.380 e. The molecule has 1 heterocycles. The van der Waals surface area contributed by atoms with Gasteiger partial charge in [0.15, 0.2) is 0 Å². The average Bonchev–Trinajstić information content (AvgIpc) is 1.79. The number of nitrogens with zero attached hydrogens (tertiary/aromatic N) is 1. The van der Waals surface area contributed by atoms with Crippen molar-refractivity contribution in [2.45, 2.75) is 13.3 Å². The second kappa shape index (κ2) is 2.54. The summed E-state index contributed by atoms with van der Waals surface area (Å²) in [4.78, 5) is 9.68. The standard InChI is InChI=1S/C6H11NO3/c1-6(4-10-5-6)2-3-7(8)9/h2-5H2,1H3. The third kappa shape index (κ3) is 1.67. The predicted molar refractivity (Wildman–Crippen MR) is 35.4 cm³/mol. The van der Waals surface area contributed by atoms with Crippen molar-refractivity contribution < 1.29 is 9.66 Å². The summed E-state index contributed by atoms with van der Waals surface area (Å²) < 4.78 is 4.95. The maximum atomic E-state index is 9.95. The van der Waals surface area contributed by atoms with E-state index < -0.39 is 0 Å². The van der Waals surface area contributed by atoms with E-state index in [-0.39, 0.29) is 16.9 Å². The van der Waals surface area contributed by atoms with E-state index in [2.05, 4.69) is 0 Å². The quantitative estimate of drug-likeness (QED) is 0.433. The fraction of sp³-hybridized carbons (Fsp3) is 1.00. The van der Waals surface area contributed by atoms with Crippen LogP contribution in [-0.4, -0.2) is 24.7 Å². The zero-order chi connectivity index (χ0) is 7.61. The molecule has 1 aliphatic heterocycles. The van der Waals surface area contributed by atoms with Crippen molar-refractivity contribution in [1.29, 1.82) is 0 Å². The van der Waals surface area contributed by atoms with Gasteiger partial charge in [-0.1, -0.05) is 6.92 Å². The first kappa shape index (κ1) is 7.47. The summed E-state index contributed by atoms with van der Waals surface area (Å²) in [5.41, 5.74) is 0.0903. The van der Waals surface area contributed by atoms with Crippen molar-refractivity contribution >= 4 is 0 Å². The maximum absolute atomic E-state index is 9.95.